The van der Waals surface area contributed by atoms with E-state index in [0.29, 0.717) is 16.8 Å². The molecule has 3 rings (SSSR count). The van der Waals surface area contributed by atoms with Crippen LogP contribution in [0.2, 0.25) is 0 Å². The summed E-state index contributed by atoms with van der Waals surface area (Å²) in [5.74, 6) is -1.15. The van der Waals surface area contributed by atoms with Crippen molar-refractivity contribution in [2.45, 2.75) is 5.92 Å². The van der Waals surface area contributed by atoms with Crippen LogP contribution in [0, 0.1) is 0 Å². The third kappa shape index (κ3) is 1.38. The predicted molar refractivity (Wildman–Crippen MR) is 59.9 cm³/mol. The van der Waals surface area contributed by atoms with Crippen LogP contribution in [-0.4, -0.2) is 21.5 Å². The molecule has 1 aliphatic rings. The van der Waals surface area contributed by atoms with E-state index in [-0.39, 0.29) is 11.6 Å². The fraction of sp³-hybridized carbons (Fsp3) is 0.0769. The topological polar surface area (TPSA) is 59.9 Å². The van der Waals surface area contributed by atoms with Crippen molar-refractivity contribution in [2.75, 3.05) is 0 Å². The Balaban J connectivity index is 2.13. The lowest BCUT2D eigenvalue weighted by atomic mass is 10.00. The molecule has 0 radical (unpaired) electrons. The summed E-state index contributed by atoms with van der Waals surface area (Å²) in [6, 6.07) is 8.47. The van der Waals surface area contributed by atoms with Crippen LogP contribution in [0.15, 0.2) is 42.9 Å². The zero-order valence-corrected chi connectivity index (χ0v) is 8.83. The number of hydrogen-bond donors (Lipinski definition) is 0. The first-order valence-electron chi connectivity index (χ1n) is 5.22. The summed E-state index contributed by atoms with van der Waals surface area (Å²) in [5, 5.41) is 0. The summed E-state index contributed by atoms with van der Waals surface area (Å²) in [4.78, 5) is 32.0. The molecule has 1 aliphatic carbocycles. The van der Waals surface area contributed by atoms with Crippen LogP contribution in [0.4, 0.5) is 0 Å². The second-order valence-corrected chi connectivity index (χ2v) is 3.84. The van der Waals surface area contributed by atoms with Crippen molar-refractivity contribution in [3.63, 3.8) is 0 Å². The van der Waals surface area contributed by atoms with Gasteiger partial charge in [0, 0.05) is 17.3 Å². The number of carbonyl (C=O) groups excluding carboxylic acids is 2. The summed E-state index contributed by atoms with van der Waals surface area (Å²) in [6.45, 7) is 0. The van der Waals surface area contributed by atoms with Crippen LogP contribution < -0.4 is 0 Å². The molecule has 0 saturated carbocycles. The lowest BCUT2D eigenvalue weighted by Gasteiger charge is -2.04. The Morgan fingerprint density at radius 3 is 2.12 bits per heavy atom. The molecule has 0 spiro atoms. The van der Waals surface area contributed by atoms with Crippen LogP contribution in [0.1, 0.15) is 32.3 Å². The van der Waals surface area contributed by atoms with Crippen molar-refractivity contribution < 1.29 is 9.59 Å². The average molecular weight is 224 g/mol. The highest BCUT2D eigenvalue weighted by Crippen LogP contribution is 2.32. The molecule has 0 N–H and O–H groups in total. The number of Topliss-reactive ketones (excluding diaryl/α,β-unsaturated/α-hetero) is 2. The highest BCUT2D eigenvalue weighted by Gasteiger charge is 2.39. The first-order valence-corrected chi connectivity index (χ1v) is 5.22. The van der Waals surface area contributed by atoms with Crippen molar-refractivity contribution in [1.29, 1.82) is 0 Å². The zero-order chi connectivity index (χ0) is 11.8. The van der Waals surface area contributed by atoms with Crippen LogP contribution in [0.3, 0.4) is 0 Å². The maximum atomic E-state index is 12.1. The van der Waals surface area contributed by atoms with Gasteiger partial charge in [-0.15, -0.1) is 0 Å². The van der Waals surface area contributed by atoms with Gasteiger partial charge in [-0.2, -0.15) is 0 Å². The standard InChI is InChI=1S/C13H8N2O2/c16-12-8-3-1-2-4-9(8)13(17)11(12)10-5-6-14-7-15-10/h1-7,11H. The third-order valence-electron chi connectivity index (χ3n) is 2.88. The van der Waals surface area contributed by atoms with E-state index < -0.39 is 5.92 Å². The van der Waals surface area contributed by atoms with Gasteiger partial charge in [-0.05, 0) is 6.07 Å². The molecule has 17 heavy (non-hydrogen) atoms. The predicted octanol–water partition coefficient (Wildman–Crippen LogP) is 1.64. The fourth-order valence-electron chi connectivity index (χ4n) is 2.08. The van der Waals surface area contributed by atoms with Crippen molar-refractivity contribution in [3.05, 3.63) is 59.7 Å². The maximum absolute atomic E-state index is 12.1. The van der Waals surface area contributed by atoms with Crippen molar-refractivity contribution in [1.82, 2.24) is 9.97 Å². The van der Waals surface area contributed by atoms with Gasteiger partial charge >= 0.3 is 0 Å². The zero-order valence-electron chi connectivity index (χ0n) is 8.83. The Morgan fingerprint density at radius 1 is 0.941 bits per heavy atom. The molecular weight excluding hydrogens is 216 g/mol. The van der Waals surface area contributed by atoms with E-state index in [1.165, 1.54) is 12.5 Å². The molecule has 0 unspecified atom stereocenters. The van der Waals surface area contributed by atoms with Gasteiger partial charge in [0.25, 0.3) is 0 Å². The molecule has 0 bridgehead atoms. The second-order valence-electron chi connectivity index (χ2n) is 3.84. The van der Waals surface area contributed by atoms with Crippen molar-refractivity contribution in [2.24, 2.45) is 0 Å². The molecule has 0 saturated heterocycles. The summed E-state index contributed by atoms with van der Waals surface area (Å²) >= 11 is 0. The normalized spacial score (nSPS) is 15.1. The average Bonchev–Trinajstić information content (AvgIpc) is 2.64. The summed E-state index contributed by atoms with van der Waals surface area (Å²) in [6.07, 6.45) is 2.88. The van der Waals surface area contributed by atoms with Crippen molar-refractivity contribution >= 4 is 11.6 Å². The Labute approximate surface area is 97.3 Å². The first-order chi connectivity index (χ1) is 8.29. The third-order valence-corrected chi connectivity index (χ3v) is 2.88. The Morgan fingerprint density at radius 2 is 1.59 bits per heavy atom. The van der Waals surface area contributed by atoms with Gasteiger partial charge in [0.15, 0.2) is 11.6 Å². The number of nitrogens with zero attached hydrogens (tertiary/aromatic N) is 2. The molecule has 4 heteroatoms. The van der Waals surface area contributed by atoms with E-state index in [1.54, 1.807) is 30.3 Å². The van der Waals surface area contributed by atoms with E-state index in [2.05, 4.69) is 9.97 Å². The minimum absolute atomic E-state index is 0.177. The molecular formula is C13H8N2O2. The monoisotopic (exact) mass is 224 g/mol. The summed E-state index contributed by atoms with van der Waals surface area (Å²) in [7, 11) is 0. The largest absolute Gasteiger partial charge is 0.293 e. The van der Waals surface area contributed by atoms with Gasteiger partial charge in [0.05, 0.1) is 5.69 Å². The van der Waals surface area contributed by atoms with Gasteiger partial charge in [-0.1, -0.05) is 24.3 Å². The number of hydrogen-bond acceptors (Lipinski definition) is 4. The quantitative estimate of drug-likeness (QED) is 0.691. The summed E-state index contributed by atoms with van der Waals surface area (Å²) < 4.78 is 0. The minimum atomic E-state index is -0.796. The molecule has 0 fully saturated rings. The number of fused-ring (bicyclic) bond motifs is 1. The van der Waals surface area contributed by atoms with Gasteiger partial charge < -0.3 is 0 Å². The smallest absolute Gasteiger partial charge is 0.180 e. The number of aromatic nitrogens is 2. The van der Waals surface area contributed by atoms with Gasteiger partial charge in [-0.25, -0.2) is 9.97 Å². The fourth-order valence-corrected chi connectivity index (χ4v) is 2.08. The van der Waals surface area contributed by atoms with E-state index in [1.807, 2.05) is 0 Å². The second kappa shape index (κ2) is 3.59. The highest BCUT2D eigenvalue weighted by atomic mass is 16.2. The molecule has 4 nitrogen and oxygen atoms in total. The van der Waals surface area contributed by atoms with Crippen LogP contribution in [0.5, 0.6) is 0 Å². The lowest BCUT2D eigenvalue weighted by molar-refractivity contribution is 0.0888. The molecule has 1 aromatic heterocycles. The van der Waals surface area contributed by atoms with Crippen LogP contribution >= 0.6 is 0 Å². The Bertz CT molecular complexity index is 573. The minimum Gasteiger partial charge on any atom is -0.293 e. The molecule has 0 atom stereocenters. The lowest BCUT2D eigenvalue weighted by Crippen LogP contribution is -2.14. The van der Waals surface area contributed by atoms with Crippen molar-refractivity contribution in [3.8, 4) is 0 Å². The SMILES string of the molecule is O=C1c2ccccc2C(=O)C1c1ccncn1. The van der Waals surface area contributed by atoms with Gasteiger partial charge in [0.2, 0.25) is 0 Å². The van der Waals surface area contributed by atoms with Gasteiger partial charge in [-0.3, -0.25) is 9.59 Å². The molecule has 0 aliphatic heterocycles. The van der Waals surface area contributed by atoms with E-state index >= 15 is 0 Å². The number of rotatable bonds is 1. The van der Waals surface area contributed by atoms with E-state index in [9.17, 15) is 9.59 Å². The molecule has 82 valence electrons. The van der Waals surface area contributed by atoms with Gasteiger partial charge in [0.1, 0.15) is 12.2 Å². The number of ketones is 2. The number of carbonyl (C=O) groups is 2. The van der Waals surface area contributed by atoms with E-state index in [0.717, 1.165) is 0 Å². The number of benzene rings is 1. The summed E-state index contributed by atoms with van der Waals surface area (Å²) in [5.41, 5.74) is 1.44. The molecule has 0 amide bonds. The first kappa shape index (κ1) is 9.84. The van der Waals surface area contributed by atoms with Crippen LogP contribution in [-0.2, 0) is 0 Å². The van der Waals surface area contributed by atoms with Crippen LogP contribution in [0.25, 0.3) is 0 Å². The highest BCUT2D eigenvalue weighted by molar-refractivity contribution is 6.29. The maximum Gasteiger partial charge on any atom is 0.180 e. The van der Waals surface area contributed by atoms with E-state index in [4.69, 9.17) is 0 Å². The Kier molecular flexibility index (Phi) is 2.08. The Hall–Kier alpha value is -2.36. The molecule has 1 aromatic carbocycles. The molecule has 2 aromatic rings. The molecule has 1 heterocycles.